The second-order valence-electron chi connectivity index (χ2n) is 3.09. The first-order valence-corrected chi connectivity index (χ1v) is 4.39. The van der Waals surface area contributed by atoms with Crippen molar-refractivity contribution in [2.45, 2.75) is 0 Å². The maximum Gasteiger partial charge on any atom is 0.320 e. The van der Waals surface area contributed by atoms with Crippen LogP contribution in [0.1, 0.15) is 5.56 Å². The maximum atomic E-state index is 11.1. The molecule has 74 valence electrons. The number of amides is 2. The summed E-state index contributed by atoms with van der Waals surface area (Å²) in [6, 6.07) is 9.67. The average Bonchev–Trinajstić information content (AvgIpc) is 2.19. The van der Waals surface area contributed by atoms with E-state index in [0.29, 0.717) is 0 Å². The van der Waals surface area contributed by atoms with E-state index in [1.807, 2.05) is 36.4 Å². The van der Waals surface area contributed by atoms with Gasteiger partial charge < -0.3 is 10.2 Å². The third-order valence-corrected chi connectivity index (χ3v) is 1.69. The van der Waals surface area contributed by atoms with E-state index in [-0.39, 0.29) is 6.03 Å². The van der Waals surface area contributed by atoms with Crippen LogP contribution in [0.15, 0.2) is 36.5 Å². The second kappa shape index (κ2) is 5.07. The van der Waals surface area contributed by atoms with Crippen LogP contribution in [0.25, 0.3) is 6.08 Å². The van der Waals surface area contributed by atoms with E-state index in [4.69, 9.17) is 0 Å². The summed E-state index contributed by atoms with van der Waals surface area (Å²) in [5.74, 6) is 0. The van der Waals surface area contributed by atoms with Crippen molar-refractivity contribution in [3.8, 4) is 0 Å². The number of nitrogens with one attached hydrogen (secondary N) is 1. The van der Waals surface area contributed by atoms with E-state index in [1.165, 1.54) is 4.90 Å². The third kappa shape index (κ3) is 3.31. The lowest BCUT2D eigenvalue weighted by atomic mass is 10.2. The summed E-state index contributed by atoms with van der Waals surface area (Å²) in [5.41, 5.74) is 1.06. The summed E-state index contributed by atoms with van der Waals surface area (Å²) >= 11 is 0. The number of benzene rings is 1. The van der Waals surface area contributed by atoms with Gasteiger partial charge in [-0.05, 0) is 11.6 Å². The first-order chi connectivity index (χ1) is 6.70. The van der Waals surface area contributed by atoms with Crippen LogP contribution in [0.2, 0.25) is 0 Å². The van der Waals surface area contributed by atoms with E-state index in [9.17, 15) is 4.79 Å². The Morgan fingerprint density at radius 1 is 1.29 bits per heavy atom. The lowest BCUT2D eigenvalue weighted by molar-refractivity contribution is 0.221. The minimum Gasteiger partial charge on any atom is -0.331 e. The molecule has 1 aromatic carbocycles. The highest BCUT2D eigenvalue weighted by Gasteiger charge is 1.97. The lowest BCUT2D eigenvalue weighted by Gasteiger charge is -2.08. The van der Waals surface area contributed by atoms with Crippen LogP contribution in [0.5, 0.6) is 0 Å². The fourth-order valence-corrected chi connectivity index (χ4v) is 0.902. The first kappa shape index (κ1) is 10.3. The van der Waals surface area contributed by atoms with Gasteiger partial charge in [-0.1, -0.05) is 30.3 Å². The molecular formula is C11H14N2O. The normalized spacial score (nSPS) is 10.1. The first-order valence-electron chi connectivity index (χ1n) is 4.39. The van der Waals surface area contributed by atoms with Crippen LogP contribution in [-0.4, -0.2) is 25.0 Å². The number of nitrogens with zero attached hydrogens (tertiary/aromatic N) is 1. The zero-order valence-electron chi connectivity index (χ0n) is 8.40. The number of urea groups is 1. The Labute approximate surface area is 84.0 Å². The zero-order chi connectivity index (χ0) is 10.4. The predicted molar refractivity (Wildman–Crippen MR) is 57.7 cm³/mol. The van der Waals surface area contributed by atoms with Crippen LogP contribution in [0, 0.1) is 0 Å². The largest absolute Gasteiger partial charge is 0.331 e. The third-order valence-electron chi connectivity index (χ3n) is 1.69. The second-order valence-corrected chi connectivity index (χ2v) is 3.09. The van der Waals surface area contributed by atoms with Crippen LogP contribution in [0.3, 0.4) is 0 Å². The van der Waals surface area contributed by atoms with E-state index >= 15 is 0 Å². The van der Waals surface area contributed by atoms with Crippen LogP contribution >= 0.6 is 0 Å². The summed E-state index contributed by atoms with van der Waals surface area (Å²) in [6.45, 7) is 0. The number of hydrogen-bond acceptors (Lipinski definition) is 1. The van der Waals surface area contributed by atoms with Gasteiger partial charge in [0.1, 0.15) is 0 Å². The molecular weight excluding hydrogens is 176 g/mol. The molecule has 2 amide bonds. The highest BCUT2D eigenvalue weighted by atomic mass is 16.2. The molecule has 1 aromatic rings. The van der Waals surface area contributed by atoms with E-state index in [2.05, 4.69) is 5.32 Å². The Hall–Kier alpha value is -1.77. The molecule has 0 aliphatic carbocycles. The summed E-state index contributed by atoms with van der Waals surface area (Å²) < 4.78 is 0. The molecule has 0 aliphatic rings. The van der Waals surface area contributed by atoms with Gasteiger partial charge in [0.25, 0.3) is 0 Å². The number of carbonyl (C=O) groups excluding carboxylic acids is 1. The molecule has 0 heterocycles. The van der Waals surface area contributed by atoms with Gasteiger partial charge in [0, 0.05) is 20.3 Å². The average molecular weight is 190 g/mol. The van der Waals surface area contributed by atoms with Gasteiger partial charge >= 0.3 is 6.03 Å². The highest BCUT2D eigenvalue weighted by Crippen LogP contribution is 1.99. The molecule has 0 spiro atoms. The number of rotatable bonds is 2. The van der Waals surface area contributed by atoms with E-state index in [0.717, 1.165) is 5.56 Å². The molecule has 1 rings (SSSR count). The lowest BCUT2D eigenvalue weighted by Crippen LogP contribution is -2.30. The standard InChI is InChI=1S/C11H14N2O/c1-13(2)11(14)12-9-8-10-6-4-3-5-7-10/h3-9H,1-2H3,(H,12,14). The summed E-state index contributed by atoms with van der Waals surface area (Å²) in [6.07, 6.45) is 3.49. The van der Waals surface area contributed by atoms with E-state index < -0.39 is 0 Å². The summed E-state index contributed by atoms with van der Waals surface area (Å²) in [5, 5.41) is 2.64. The zero-order valence-corrected chi connectivity index (χ0v) is 8.40. The van der Waals surface area contributed by atoms with Crippen LogP contribution < -0.4 is 5.32 Å². The smallest absolute Gasteiger partial charge is 0.320 e. The van der Waals surface area contributed by atoms with Gasteiger partial charge in [0.2, 0.25) is 0 Å². The number of hydrogen-bond donors (Lipinski definition) is 1. The Morgan fingerprint density at radius 3 is 2.50 bits per heavy atom. The van der Waals surface area contributed by atoms with Crippen molar-refractivity contribution >= 4 is 12.1 Å². The van der Waals surface area contributed by atoms with Crippen molar-refractivity contribution in [3.63, 3.8) is 0 Å². The minimum atomic E-state index is -0.128. The SMILES string of the molecule is CN(C)C(=O)NC=Cc1ccccc1. The molecule has 1 N–H and O–H groups in total. The Balaban J connectivity index is 2.46. The summed E-state index contributed by atoms with van der Waals surface area (Å²) in [7, 11) is 3.40. The molecule has 0 aliphatic heterocycles. The van der Waals surface area contributed by atoms with Crippen molar-refractivity contribution < 1.29 is 4.79 Å². The molecule has 14 heavy (non-hydrogen) atoms. The van der Waals surface area contributed by atoms with Crippen molar-refractivity contribution in [1.29, 1.82) is 0 Å². The molecule has 0 bridgehead atoms. The Bertz CT molecular complexity index is 317. The van der Waals surface area contributed by atoms with Gasteiger partial charge in [-0.2, -0.15) is 0 Å². The minimum absolute atomic E-state index is 0.128. The van der Waals surface area contributed by atoms with Gasteiger partial charge in [-0.3, -0.25) is 0 Å². The molecule has 3 nitrogen and oxygen atoms in total. The van der Waals surface area contributed by atoms with Gasteiger partial charge in [0.05, 0.1) is 0 Å². The predicted octanol–water partition coefficient (Wildman–Crippen LogP) is 1.93. The fourth-order valence-electron chi connectivity index (χ4n) is 0.902. The highest BCUT2D eigenvalue weighted by molar-refractivity contribution is 5.75. The van der Waals surface area contributed by atoms with Crippen molar-refractivity contribution in [2.24, 2.45) is 0 Å². The molecule has 0 unspecified atom stereocenters. The molecule has 3 heteroatoms. The fraction of sp³-hybridized carbons (Fsp3) is 0.182. The van der Waals surface area contributed by atoms with Crippen molar-refractivity contribution in [1.82, 2.24) is 10.2 Å². The van der Waals surface area contributed by atoms with Crippen LogP contribution in [0.4, 0.5) is 4.79 Å². The Kier molecular flexibility index (Phi) is 3.73. The maximum absolute atomic E-state index is 11.1. The van der Waals surface area contributed by atoms with Gasteiger partial charge in [0.15, 0.2) is 0 Å². The van der Waals surface area contributed by atoms with E-state index in [1.54, 1.807) is 20.3 Å². The molecule has 0 atom stereocenters. The molecule has 0 aromatic heterocycles. The molecule has 0 saturated heterocycles. The molecule has 0 fully saturated rings. The van der Waals surface area contributed by atoms with Crippen molar-refractivity contribution in [2.75, 3.05) is 14.1 Å². The Morgan fingerprint density at radius 2 is 1.93 bits per heavy atom. The number of carbonyl (C=O) groups is 1. The van der Waals surface area contributed by atoms with Crippen molar-refractivity contribution in [3.05, 3.63) is 42.1 Å². The molecule has 0 radical (unpaired) electrons. The molecule has 0 saturated carbocycles. The van der Waals surface area contributed by atoms with Gasteiger partial charge in [-0.15, -0.1) is 0 Å². The quantitative estimate of drug-likeness (QED) is 0.759. The monoisotopic (exact) mass is 190 g/mol. The van der Waals surface area contributed by atoms with Gasteiger partial charge in [-0.25, -0.2) is 4.79 Å². The topological polar surface area (TPSA) is 32.3 Å². The summed E-state index contributed by atoms with van der Waals surface area (Å²) in [4.78, 5) is 12.6. The van der Waals surface area contributed by atoms with Crippen LogP contribution in [-0.2, 0) is 0 Å².